The van der Waals surface area contributed by atoms with Gasteiger partial charge in [0, 0.05) is 11.4 Å². The fraction of sp³-hybridized carbons (Fsp3) is 0.400. The van der Waals surface area contributed by atoms with Gasteiger partial charge in [-0.25, -0.2) is 0 Å². The number of rotatable bonds is 5. The molecule has 150 valence electrons. The molecule has 0 unspecified atom stereocenters. The van der Waals surface area contributed by atoms with Crippen molar-refractivity contribution in [2.24, 2.45) is 0 Å². The Hall–Kier alpha value is -2.35. The number of amides is 2. The van der Waals surface area contributed by atoms with Gasteiger partial charge in [0.15, 0.2) is 0 Å². The van der Waals surface area contributed by atoms with Gasteiger partial charge in [-0.05, 0) is 48.9 Å². The van der Waals surface area contributed by atoms with Crippen LogP contribution in [0.25, 0.3) is 0 Å². The monoisotopic (exact) mass is 410 g/mol. The third-order valence-electron chi connectivity index (χ3n) is 4.85. The van der Waals surface area contributed by atoms with Crippen LogP contribution in [0.2, 0.25) is 0 Å². The molecule has 0 radical (unpaired) electrons. The average Bonchev–Trinajstić information content (AvgIpc) is 3.32. The topological polar surface area (TPSA) is 49.4 Å². The minimum Gasteiger partial charge on any atom is -0.348 e. The lowest BCUT2D eigenvalue weighted by atomic mass is 10.0. The molecule has 2 heterocycles. The van der Waals surface area contributed by atoms with Crippen molar-refractivity contribution in [1.29, 1.82) is 0 Å². The minimum atomic E-state index is -4.43. The maximum absolute atomic E-state index is 12.9. The van der Waals surface area contributed by atoms with Crippen molar-refractivity contribution >= 4 is 23.2 Å². The standard InChI is InChI=1S/C20H21F3N2O2S/c1-13(14-5-2-6-15(11-14)20(21,22)23)24-19(27)17-8-3-9-25(17)18(26)12-16-7-4-10-28-16/h2,4-7,10-11,13,17H,3,8-9,12H2,1H3,(H,24,27)/t13-,17-/m0/s1. The Bertz CT molecular complexity index is 836. The normalized spacial score (nSPS) is 18.1. The zero-order valence-corrected chi connectivity index (χ0v) is 16.1. The molecule has 4 nitrogen and oxygen atoms in total. The van der Waals surface area contributed by atoms with Gasteiger partial charge in [-0.3, -0.25) is 9.59 Å². The molecule has 0 spiro atoms. The molecule has 1 aliphatic heterocycles. The fourth-order valence-corrected chi connectivity index (χ4v) is 4.07. The van der Waals surface area contributed by atoms with Crippen LogP contribution < -0.4 is 5.32 Å². The lowest BCUT2D eigenvalue weighted by molar-refractivity contribution is -0.138. The first kappa shape index (κ1) is 20.4. The van der Waals surface area contributed by atoms with Crippen molar-refractivity contribution in [2.75, 3.05) is 6.54 Å². The first-order valence-corrected chi connectivity index (χ1v) is 9.93. The van der Waals surface area contributed by atoms with Crippen molar-refractivity contribution in [1.82, 2.24) is 10.2 Å². The molecular weight excluding hydrogens is 389 g/mol. The lowest BCUT2D eigenvalue weighted by Gasteiger charge is -2.26. The van der Waals surface area contributed by atoms with E-state index in [9.17, 15) is 22.8 Å². The Kier molecular flexibility index (Phi) is 6.07. The Labute approximate surface area is 165 Å². The van der Waals surface area contributed by atoms with E-state index in [1.165, 1.54) is 17.4 Å². The number of carbonyl (C=O) groups excluding carboxylic acids is 2. The molecule has 0 aliphatic carbocycles. The highest BCUT2D eigenvalue weighted by Gasteiger charge is 2.35. The molecule has 1 aliphatic rings. The highest BCUT2D eigenvalue weighted by atomic mass is 32.1. The summed E-state index contributed by atoms with van der Waals surface area (Å²) in [5, 5.41) is 4.66. The summed E-state index contributed by atoms with van der Waals surface area (Å²) in [4.78, 5) is 27.8. The van der Waals surface area contributed by atoms with Crippen molar-refractivity contribution in [2.45, 2.75) is 44.4 Å². The number of halogens is 3. The second kappa shape index (κ2) is 8.34. The van der Waals surface area contributed by atoms with E-state index in [0.717, 1.165) is 23.4 Å². The van der Waals surface area contributed by atoms with Crippen molar-refractivity contribution in [3.05, 3.63) is 57.8 Å². The Balaban J connectivity index is 1.65. The minimum absolute atomic E-state index is 0.105. The number of benzene rings is 1. The molecule has 1 fully saturated rings. The van der Waals surface area contributed by atoms with E-state index >= 15 is 0 Å². The quantitative estimate of drug-likeness (QED) is 0.804. The number of carbonyl (C=O) groups is 2. The van der Waals surface area contributed by atoms with Crippen LogP contribution in [-0.2, 0) is 22.2 Å². The summed E-state index contributed by atoms with van der Waals surface area (Å²) < 4.78 is 38.7. The number of hydrogen-bond donors (Lipinski definition) is 1. The molecule has 2 amide bonds. The van der Waals surface area contributed by atoms with Crippen molar-refractivity contribution < 1.29 is 22.8 Å². The van der Waals surface area contributed by atoms with E-state index in [0.29, 0.717) is 18.5 Å². The van der Waals surface area contributed by atoms with Gasteiger partial charge in [0.2, 0.25) is 11.8 Å². The maximum Gasteiger partial charge on any atom is 0.416 e. The highest BCUT2D eigenvalue weighted by Crippen LogP contribution is 2.31. The van der Waals surface area contributed by atoms with E-state index in [-0.39, 0.29) is 18.2 Å². The van der Waals surface area contributed by atoms with E-state index in [1.807, 2.05) is 17.5 Å². The van der Waals surface area contributed by atoms with Crippen LogP contribution in [0.3, 0.4) is 0 Å². The fourth-order valence-electron chi connectivity index (χ4n) is 3.38. The molecule has 28 heavy (non-hydrogen) atoms. The van der Waals surface area contributed by atoms with Gasteiger partial charge < -0.3 is 10.2 Å². The molecule has 1 aromatic heterocycles. The second-order valence-electron chi connectivity index (χ2n) is 6.85. The Morgan fingerprint density at radius 2 is 2.07 bits per heavy atom. The Morgan fingerprint density at radius 3 is 2.75 bits per heavy atom. The largest absolute Gasteiger partial charge is 0.416 e. The second-order valence-corrected chi connectivity index (χ2v) is 7.89. The summed E-state index contributed by atoms with van der Waals surface area (Å²) in [6.07, 6.45) is -2.90. The molecule has 1 N–H and O–H groups in total. The lowest BCUT2D eigenvalue weighted by Crippen LogP contribution is -2.47. The molecule has 1 saturated heterocycles. The molecule has 0 saturated carbocycles. The number of nitrogens with zero attached hydrogens (tertiary/aromatic N) is 1. The summed E-state index contributed by atoms with van der Waals surface area (Å²) in [7, 11) is 0. The highest BCUT2D eigenvalue weighted by molar-refractivity contribution is 7.10. The van der Waals surface area contributed by atoms with Gasteiger partial charge in [-0.2, -0.15) is 13.2 Å². The van der Waals surface area contributed by atoms with E-state index < -0.39 is 23.8 Å². The zero-order chi connectivity index (χ0) is 20.3. The third-order valence-corrected chi connectivity index (χ3v) is 5.73. The van der Waals surface area contributed by atoms with Gasteiger partial charge in [0.1, 0.15) is 6.04 Å². The maximum atomic E-state index is 12.9. The van der Waals surface area contributed by atoms with Gasteiger partial charge >= 0.3 is 6.18 Å². The number of thiophene rings is 1. The van der Waals surface area contributed by atoms with Crippen LogP contribution in [0.4, 0.5) is 13.2 Å². The number of nitrogens with one attached hydrogen (secondary N) is 1. The van der Waals surface area contributed by atoms with Crippen LogP contribution in [-0.4, -0.2) is 29.3 Å². The molecule has 1 aromatic carbocycles. The predicted octanol–water partition coefficient (Wildman–Crippen LogP) is 4.18. The molecule has 3 rings (SSSR count). The summed E-state index contributed by atoms with van der Waals surface area (Å²) >= 11 is 1.49. The number of alkyl halides is 3. The van der Waals surface area contributed by atoms with Crippen LogP contribution in [0.15, 0.2) is 41.8 Å². The average molecular weight is 410 g/mol. The SMILES string of the molecule is C[C@H](NC(=O)[C@@H]1CCCN1C(=O)Cc1cccs1)c1cccc(C(F)(F)F)c1. The molecule has 2 atom stereocenters. The van der Waals surface area contributed by atoms with Crippen LogP contribution in [0.5, 0.6) is 0 Å². The van der Waals surface area contributed by atoms with Crippen molar-refractivity contribution in [3.63, 3.8) is 0 Å². The molecule has 8 heteroatoms. The first-order chi connectivity index (χ1) is 13.3. The summed E-state index contributed by atoms with van der Waals surface area (Å²) in [5.41, 5.74) is -0.377. The third kappa shape index (κ3) is 4.73. The van der Waals surface area contributed by atoms with E-state index in [2.05, 4.69) is 5.32 Å². The summed E-state index contributed by atoms with van der Waals surface area (Å²) in [6.45, 7) is 2.15. The molecule has 2 aromatic rings. The number of likely N-dealkylation sites (tertiary alicyclic amines) is 1. The van der Waals surface area contributed by atoms with E-state index in [4.69, 9.17) is 0 Å². The summed E-state index contributed by atoms with van der Waals surface area (Å²) in [6, 6.07) is 7.49. The number of hydrogen-bond acceptors (Lipinski definition) is 3. The van der Waals surface area contributed by atoms with Gasteiger partial charge in [0.05, 0.1) is 18.0 Å². The molecular formula is C20H21F3N2O2S. The van der Waals surface area contributed by atoms with Crippen LogP contribution in [0.1, 0.15) is 41.8 Å². The first-order valence-electron chi connectivity index (χ1n) is 9.05. The Morgan fingerprint density at radius 1 is 1.29 bits per heavy atom. The van der Waals surface area contributed by atoms with Gasteiger partial charge in [-0.15, -0.1) is 11.3 Å². The zero-order valence-electron chi connectivity index (χ0n) is 15.3. The predicted molar refractivity (Wildman–Crippen MR) is 101 cm³/mol. The van der Waals surface area contributed by atoms with Gasteiger partial charge in [-0.1, -0.05) is 18.2 Å². The van der Waals surface area contributed by atoms with Crippen molar-refractivity contribution in [3.8, 4) is 0 Å². The van der Waals surface area contributed by atoms with Gasteiger partial charge in [0.25, 0.3) is 0 Å². The molecule has 0 bridgehead atoms. The van der Waals surface area contributed by atoms with E-state index in [1.54, 1.807) is 17.9 Å². The van der Waals surface area contributed by atoms with Crippen LogP contribution >= 0.6 is 11.3 Å². The van der Waals surface area contributed by atoms with Crippen LogP contribution in [0, 0.1) is 0 Å². The summed E-state index contributed by atoms with van der Waals surface area (Å²) in [5.74, 6) is -0.436. The smallest absolute Gasteiger partial charge is 0.348 e.